The lowest BCUT2D eigenvalue weighted by molar-refractivity contribution is 0.0690. The lowest BCUT2D eigenvalue weighted by atomic mass is 10.1. The molecule has 1 N–H and O–H groups in total. The predicted molar refractivity (Wildman–Crippen MR) is 67.7 cm³/mol. The van der Waals surface area contributed by atoms with Crippen LogP contribution in [-0.2, 0) is 6.54 Å². The maximum atomic E-state index is 13.5. The van der Waals surface area contributed by atoms with Crippen LogP contribution in [0.15, 0.2) is 30.5 Å². The molecule has 2 aromatic rings. The third kappa shape index (κ3) is 2.39. The molecule has 7 heteroatoms. The number of hydrogen-bond acceptors (Lipinski definition) is 4. The molecule has 0 saturated carbocycles. The van der Waals surface area contributed by atoms with Gasteiger partial charge in [0.1, 0.15) is 5.82 Å². The van der Waals surface area contributed by atoms with Crippen LogP contribution in [0.1, 0.15) is 22.1 Å². The molecule has 0 atom stereocenters. The summed E-state index contributed by atoms with van der Waals surface area (Å²) in [5.41, 5.74) is 0.605. The van der Waals surface area contributed by atoms with Crippen LogP contribution in [0.5, 0.6) is 0 Å². The Kier molecular flexibility index (Phi) is 3.19. The number of aromatic nitrogens is 3. The Morgan fingerprint density at radius 1 is 1.40 bits per heavy atom. The smallest absolute Gasteiger partial charge is 0.358 e. The maximum Gasteiger partial charge on any atom is 0.358 e. The van der Waals surface area contributed by atoms with Crippen molar-refractivity contribution in [3.8, 4) is 0 Å². The quantitative estimate of drug-likeness (QED) is 0.907. The molecule has 104 valence electrons. The summed E-state index contributed by atoms with van der Waals surface area (Å²) in [6, 6.07) is 6.79. The zero-order valence-corrected chi connectivity index (χ0v) is 10.6. The molecule has 0 bridgehead atoms. The number of benzene rings is 1. The van der Waals surface area contributed by atoms with Gasteiger partial charge in [-0.15, -0.1) is 5.10 Å². The van der Waals surface area contributed by atoms with Crippen molar-refractivity contribution in [2.75, 3.05) is 13.1 Å². The van der Waals surface area contributed by atoms with Crippen molar-refractivity contribution < 1.29 is 14.3 Å². The highest BCUT2D eigenvalue weighted by Gasteiger charge is 2.30. The lowest BCUT2D eigenvalue weighted by Gasteiger charge is -2.38. The number of carboxylic acid groups (broad SMARTS) is 1. The summed E-state index contributed by atoms with van der Waals surface area (Å²) in [7, 11) is 0. The number of rotatable bonds is 4. The number of carbonyl (C=O) groups is 1. The topological polar surface area (TPSA) is 71.2 Å². The van der Waals surface area contributed by atoms with E-state index in [1.807, 2.05) is 6.07 Å². The van der Waals surface area contributed by atoms with E-state index in [1.165, 1.54) is 12.3 Å². The summed E-state index contributed by atoms with van der Waals surface area (Å²) in [4.78, 5) is 12.8. The van der Waals surface area contributed by atoms with Crippen molar-refractivity contribution in [3.05, 3.63) is 47.5 Å². The Morgan fingerprint density at radius 2 is 2.15 bits per heavy atom. The van der Waals surface area contributed by atoms with Gasteiger partial charge in [0, 0.05) is 25.2 Å². The van der Waals surface area contributed by atoms with Gasteiger partial charge >= 0.3 is 5.97 Å². The second-order valence-corrected chi connectivity index (χ2v) is 4.83. The number of aromatic carboxylic acids is 1. The highest BCUT2D eigenvalue weighted by molar-refractivity contribution is 5.84. The minimum Gasteiger partial charge on any atom is -0.476 e. The van der Waals surface area contributed by atoms with Gasteiger partial charge in [0.25, 0.3) is 0 Å². The van der Waals surface area contributed by atoms with Crippen LogP contribution >= 0.6 is 0 Å². The van der Waals surface area contributed by atoms with E-state index in [1.54, 1.807) is 16.8 Å². The fourth-order valence-corrected chi connectivity index (χ4v) is 2.26. The van der Waals surface area contributed by atoms with Gasteiger partial charge < -0.3 is 5.11 Å². The zero-order chi connectivity index (χ0) is 14.1. The van der Waals surface area contributed by atoms with Crippen molar-refractivity contribution in [2.24, 2.45) is 0 Å². The molecular formula is C13H13FN4O2. The first-order chi connectivity index (χ1) is 9.63. The highest BCUT2D eigenvalue weighted by atomic mass is 19.1. The molecular weight excluding hydrogens is 263 g/mol. The van der Waals surface area contributed by atoms with Crippen LogP contribution in [-0.4, -0.2) is 44.1 Å². The standard InChI is InChI=1S/C13H13FN4O2/c14-11-4-2-1-3-9(11)5-17-6-10(7-17)18-8-12(13(19)20)15-16-18/h1-4,8,10H,5-7H2,(H,19,20). The van der Waals surface area contributed by atoms with E-state index in [9.17, 15) is 9.18 Å². The first-order valence-corrected chi connectivity index (χ1v) is 6.24. The van der Waals surface area contributed by atoms with Crippen LogP contribution < -0.4 is 0 Å². The van der Waals surface area contributed by atoms with Gasteiger partial charge in [-0.1, -0.05) is 23.4 Å². The van der Waals surface area contributed by atoms with Gasteiger partial charge in [-0.3, -0.25) is 4.90 Å². The summed E-state index contributed by atoms with van der Waals surface area (Å²) in [6.07, 6.45) is 1.42. The number of hydrogen-bond donors (Lipinski definition) is 1. The van der Waals surface area contributed by atoms with Crippen LogP contribution in [0, 0.1) is 5.82 Å². The first-order valence-electron chi connectivity index (χ1n) is 6.24. The Hall–Kier alpha value is -2.28. The fraction of sp³-hybridized carbons (Fsp3) is 0.308. The van der Waals surface area contributed by atoms with E-state index in [2.05, 4.69) is 15.2 Å². The summed E-state index contributed by atoms with van der Waals surface area (Å²) in [5.74, 6) is -1.29. The molecule has 1 saturated heterocycles. The summed E-state index contributed by atoms with van der Waals surface area (Å²) < 4.78 is 15.1. The van der Waals surface area contributed by atoms with Gasteiger partial charge in [0.05, 0.1) is 12.2 Å². The van der Waals surface area contributed by atoms with Gasteiger partial charge in [0.2, 0.25) is 0 Å². The molecule has 0 amide bonds. The molecule has 1 aromatic carbocycles. The third-order valence-corrected chi connectivity index (χ3v) is 3.39. The Bertz CT molecular complexity index is 637. The van der Waals surface area contributed by atoms with E-state index < -0.39 is 5.97 Å². The number of carboxylic acids is 1. The third-order valence-electron chi connectivity index (χ3n) is 3.39. The maximum absolute atomic E-state index is 13.5. The molecule has 0 unspecified atom stereocenters. The minimum atomic E-state index is -1.08. The summed E-state index contributed by atoms with van der Waals surface area (Å²) in [5, 5.41) is 16.2. The molecule has 1 aliphatic rings. The van der Waals surface area contributed by atoms with Crippen LogP contribution in [0.2, 0.25) is 0 Å². The molecule has 0 aliphatic carbocycles. The second kappa shape index (κ2) is 5.01. The Balaban J connectivity index is 1.58. The Morgan fingerprint density at radius 3 is 2.80 bits per heavy atom. The zero-order valence-electron chi connectivity index (χ0n) is 10.6. The normalized spacial score (nSPS) is 16.1. The highest BCUT2D eigenvalue weighted by Crippen LogP contribution is 2.23. The van der Waals surface area contributed by atoms with Crippen LogP contribution in [0.3, 0.4) is 0 Å². The molecule has 6 nitrogen and oxygen atoms in total. The SMILES string of the molecule is O=C(O)c1cn(C2CN(Cc3ccccc3F)C2)nn1. The van der Waals surface area contributed by atoms with Crippen molar-refractivity contribution in [3.63, 3.8) is 0 Å². The van der Waals surface area contributed by atoms with E-state index in [-0.39, 0.29) is 17.6 Å². The van der Waals surface area contributed by atoms with Crippen molar-refractivity contribution in [1.82, 2.24) is 19.9 Å². The molecule has 0 spiro atoms. The van der Waals surface area contributed by atoms with Gasteiger partial charge in [0.15, 0.2) is 5.69 Å². The number of nitrogens with zero attached hydrogens (tertiary/aromatic N) is 4. The number of likely N-dealkylation sites (tertiary alicyclic amines) is 1. The van der Waals surface area contributed by atoms with Crippen molar-refractivity contribution in [1.29, 1.82) is 0 Å². The fourth-order valence-electron chi connectivity index (χ4n) is 2.26. The van der Waals surface area contributed by atoms with Gasteiger partial charge in [-0.05, 0) is 6.07 Å². The van der Waals surface area contributed by atoms with Crippen molar-refractivity contribution >= 4 is 5.97 Å². The van der Waals surface area contributed by atoms with E-state index in [0.29, 0.717) is 25.2 Å². The molecule has 1 aliphatic heterocycles. The minimum absolute atomic E-state index is 0.0578. The molecule has 1 aromatic heterocycles. The van der Waals surface area contributed by atoms with Crippen LogP contribution in [0.25, 0.3) is 0 Å². The lowest BCUT2D eigenvalue weighted by Crippen LogP contribution is -2.47. The average molecular weight is 276 g/mol. The van der Waals surface area contributed by atoms with E-state index in [0.717, 1.165) is 0 Å². The van der Waals surface area contributed by atoms with E-state index >= 15 is 0 Å². The van der Waals surface area contributed by atoms with Gasteiger partial charge in [-0.25, -0.2) is 13.9 Å². The molecule has 3 rings (SSSR count). The predicted octanol–water partition coefficient (Wildman–Crippen LogP) is 1.17. The molecule has 0 radical (unpaired) electrons. The average Bonchev–Trinajstić information content (AvgIpc) is 2.84. The largest absolute Gasteiger partial charge is 0.476 e. The van der Waals surface area contributed by atoms with E-state index in [4.69, 9.17) is 5.11 Å². The first kappa shape index (κ1) is 12.7. The monoisotopic (exact) mass is 276 g/mol. The van der Waals surface area contributed by atoms with Crippen LogP contribution in [0.4, 0.5) is 4.39 Å². The molecule has 1 fully saturated rings. The summed E-state index contributed by atoms with van der Waals surface area (Å²) >= 11 is 0. The molecule has 2 heterocycles. The van der Waals surface area contributed by atoms with Crippen molar-refractivity contribution in [2.45, 2.75) is 12.6 Å². The summed E-state index contributed by atoms with van der Waals surface area (Å²) in [6.45, 7) is 1.96. The van der Waals surface area contributed by atoms with Gasteiger partial charge in [-0.2, -0.15) is 0 Å². The Labute approximate surface area is 114 Å². The molecule has 20 heavy (non-hydrogen) atoms. The second-order valence-electron chi connectivity index (χ2n) is 4.83. The number of halogens is 1.